The number of rotatable bonds is 3. The molecule has 0 aliphatic heterocycles. The van der Waals surface area contributed by atoms with Crippen molar-refractivity contribution >= 4 is 44.8 Å². The van der Waals surface area contributed by atoms with Gasteiger partial charge in [-0.05, 0) is 24.0 Å². The molecule has 1 aliphatic rings. The van der Waals surface area contributed by atoms with Crippen LogP contribution in [0, 0.1) is 5.92 Å². The third-order valence-corrected chi connectivity index (χ3v) is 6.07. The van der Waals surface area contributed by atoms with Gasteiger partial charge in [-0.25, -0.2) is 0 Å². The summed E-state index contributed by atoms with van der Waals surface area (Å²) < 4.78 is 0.940. The van der Waals surface area contributed by atoms with Crippen molar-refractivity contribution in [3.05, 3.63) is 70.1 Å². The van der Waals surface area contributed by atoms with Crippen LogP contribution in [-0.2, 0) is 4.79 Å². The molecule has 126 valence electrons. The minimum absolute atomic E-state index is 0.0967. The van der Waals surface area contributed by atoms with Gasteiger partial charge in [0.05, 0.1) is 5.02 Å². The number of carbonyl (C=O) groups excluding carboxylic acids is 2. The van der Waals surface area contributed by atoms with E-state index in [1.807, 2.05) is 54.6 Å². The molecule has 0 bridgehead atoms. The normalized spacial score (nSPS) is 18.8. The third kappa shape index (κ3) is 3.13. The highest BCUT2D eigenvalue weighted by Crippen LogP contribution is 2.47. The van der Waals surface area contributed by atoms with Crippen molar-refractivity contribution in [1.82, 2.24) is 10.9 Å². The van der Waals surface area contributed by atoms with Crippen LogP contribution in [0.5, 0.6) is 0 Å². The molecule has 1 aromatic heterocycles. The van der Waals surface area contributed by atoms with Crippen LogP contribution in [0.2, 0.25) is 5.02 Å². The highest BCUT2D eigenvalue weighted by molar-refractivity contribution is 7.21. The van der Waals surface area contributed by atoms with Gasteiger partial charge in [0.1, 0.15) is 4.88 Å². The first-order chi connectivity index (χ1) is 12.1. The number of amides is 2. The molecule has 2 N–H and O–H groups in total. The number of thiophene rings is 1. The maximum absolute atomic E-state index is 12.3. The maximum atomic E-state index is 12.3. The predicted octanol–water partition coefficient (Wildman–Crippen LogP) is 4.12. The van der Waals surface area contributed by atoms with Crippen LogP contribution in [0.4, 0.5) is 0 Å². The number of halogens is 1. The lowest BCUT2D eigenvalue weighted by molar-refractivity contribution is -0.123. The molecule has 1 aliphatic carbocycles. The molecule has 2 atom stereocenters. The molecule has 0 radical (unpaired) electrons. The summed E-state index contributed by atoms with van der Waals surface area (Å²) in [6.45, 7) is 0. The minimum atomic E-state index is -0.392. The Bertz CT molecular complexity index is 954. The zero-order valence-electron chi connectivity index (χ0n) is 13.2. The quantitative estimate of drug-likeness (QED) is 0.681. The van der Waals surface area contributed by atoms with E-state index in [-0.39, 0.29) is 17.7 Å². The van der Waals surface area contributed by atoms with Crippen LogP contribution < -0.4 is 10.9 Å². The minimum Gasteiger partial charge on any atom is -0.273 e. The van der Waals surface area contributed by atoms with Gasteiger partial charge in [-0.15, -0.1) is 11.3 Å². The molecule has 6 heteroatoms. The fraction of sp³-hybridized carbons (Fsp3) is 0.158. The smallest absolute Gasteiger partial charge is 0.273 e. The van der Waals surface area contributed by atoms with Crippen LogP contribution in [0.15, 0.2) is 54.6 Å². The molecule has 2 amide bonds. The topological polar surface area (TPSA) is 58.2 Å². The van der Waals surface area contributed by atoms with Gasteiger partial charge in [0.2, 0.25) is 5.91 Å². The second kappa shape index (κ2) is 6.50. The highest BCUT2D eigenvalue weighted by atomic mass is 35.5. The summed E-state index contributed by atoms with van der Waals surface area (Å²) in [5.41, 5.74) is 6.16. The summed E-state index contributed by atoms with van der Waals surface area (Å²) in [7, 11) is 0. The van der Waals surface area contributed by atoms with Crippen molar-refractivity contribution in [2.24, 2.45) is 5.92 Å². The summed E-state index contributed by atoms with van der Waals surface area (Å²) in [4.78, 5) is 25.0. The zero-order valence-corrected chi connectivity index (χ0v) is 14.7. The van der Waals surface area contributed by atoms with Gasteiger partial charge >= 0.3 is 0 Å². The molecule has 1 saturated carbocycles. The Kier molecular flexibility index (Phi) is 4.19. The lowest BCUT2D eigenvalue weighted by Crippen LogP contribution is -2.42. The van der Waals surface area contributed by atoms with E-state index in [0.29, 0.717) is 9.90 Å². The van der Waals surface area contributed by atoms with Gasteiger partial charge in [-0.3, -0.25) is 20.4 Å². The molecule has 0 spiro atoms. The molecule has 1 fully saturated rings. The van der Waals surface area contributed by atoms with Gasteiger partial charge in [0, 0.05) is 16.0 Å². The number of carbonyl (C=O) groups is 2. The monoisotopic (exact) mass is 370 g/mol. The molecular weight excluding hydrogens is 356 g/mol. The summed E-state index contributed by atoms with van der Waals surface area (Å²) >= 11 is 7.59. The van der Waals surface area contributed by atoms with Crippen LogP contribution in [-0.4, -0.2) is 11.8 Å². The van der Waals surface area contributed by atoms with Crippen LogP contribution in [0.3, 0.4) is 0 Å². The van der Waals surface area contributed by atoms with Crippen molar-refractivity contribution in [1.29, 1.82) is 0 Å². The average Bonchev–Trinajstić information content (AvgIpc) is 3.39. The van der Waals surface area contributed by atoms with E-state index in [2.05, 4.69) is 10.9 Å². The van der Waals surface area contributed by atoms with E-state index in [1.54, 1.807) is 0 Å². The predicted molar refractivity (Wildman–Crippen MR) is 99.7 cm³/mol. The summed E-state index contributed by atoms with van der Waals surface area (Å²) in [5.74, 6) is -0.428. The average molecular weight is 371 g/mol. The Hall–Kier alpha value is -2.37. The second-order valence-electron chi connectivity index (χ2n) is 6.04. The molecule has 0 unspecified atom stereocenters. The van der Waals surface area contributed by atoms with Gasteiger partial charge in [0.25, 0.3) is 5.91 Å². The number of hydrogen-bond acceptors (Lipinski definition) is 3. The Labute approximate surface area is 153 Å². The molecule has 4 rings (SSSR count). The van der Waals surface area contributed by atoms with Gasteiger partial charge in [0.15, 0.2) is 0 Å². The lowest BCUT2D eigenvalue weighted by Gasteiger charge is -2.06. The maximum Gasteiger partial charge on any atom is 0.281 e. The molecule has 0 saturated heterocycles. The first-order valence-electron chi connectivity index (χ1n) is 7.97. The van der Waals surface area contributed by atoms with Crippen molar-refractivity contribution in [3.8, 4) is 0 Å². The molecular formula is C19H15ClN2O2S. The Morgan fingerprint density at radius 3 is 2.48 bits per heavy atom. The first-order valence-corrected chi connectivity index (χ1v) is 9.17. The van der Waals surface area contributed by atoms with E-state index in [4.69, 9.17) is 11.6 Å². The largest absolute Gasteiger partial charge is 0.281 e. The molecule has 2 aromatic carbocycles. The standard InChI is InChI=1S/C19H15ClN2O2S/c20-16-12-8-4-5-9-15(12)25-17(16)19(24)22-21-18(23)14-10-13(14)11-6-2-1-3-7-11/h1-9,13-14H,10H2,(H,21,23)(H,22,24)/t13-,14-/m1/s1. The van der Waals surface area contributed by atoms with Crippen molar-refractivity contribution in [3.63, 3.8) is 0 Å². The van der Waals surface area contributed by atoms with E-state index in [1.165, 1.54) is 11.3 Å². The first kappa shape index (κ1) is 16.1. The summed E-state index contributed by atoms with van der Waals surface area (Å²) in [5, 5.41) is 1.26. The SMILES string of the molecule is O=C(NNC(=O)[C@@H]1C[C@@H]1c1ccccc1)c1sc2ccccc2c1Cl. The number of nitrogens with one attached hydrogen (secondary N) is 2. The Morgan fingerprint density at radius 2 is 1.72 bits per heavy atom. The van der Waals surface area contributed by atoms with Gasteiger partial charge in [-0.1, -0.05) is 60.1 Å². The number of benzene rings is 2. The Balaban J connectivity index is 1.39. The van der Waals surface area contributed by atoms with E-state index in [9.17, 15) is 9.59 Å². The lowest BCUT2D eigenvalue weighted by atomic mass is 10.1. The van der Waals surface area contributed by atoms with Crippen LogP contribution >= 0.6 is 22.9 Å². The van der Waals surface area contributed by atoms with Crippen molar-refractivity contribution in [2.45, 2.75) is 12.3 Å². The number of hydrogen-bond donors (Lipinski definition) is 2. The fourth-order valence-corrected chi connectivity index (χ4v) is 4.39. The summed E-state index contributed by atoms with van der Waals surface area (Å²) in [6, 6.07) is 17.5. The zero-order chi connectivity index (χ0) is 17.4. The third-order valence-electron chi connectivity index (χ3n) is 4.40. The van der Waals surface area contributed by atoms with E-state index >= 15 is 0 Å². The number of fused-ring (bicyclic) bond motifs is 1. The summed E-state index contributed by atoms with van der Waals surface area (Å²) in [6.07, 6.45) is 0.801. The second-order valence-corrected chi connectivity index (χ2v) is 7.47. The van der Waals surface area contributed by atoms with Crippen molar-refractivity contribution in [2.75, 3.05) is 0 Å². The number of hydrazine groups is 1. The van der Waals surface area contributed by atoms with E-state index in [0.717, 1.165) is 22.1 Å². The Morgan fingerprint density at radius 1 is 1.00 bits per heavy atom. The van der Waals surface area contributed by atoms with Crippen molar-refractivity contribution < 1.29 is 9.59 Å². The molecule has 1 heterocycles. The van der Waals surface area contributed by atoms with Gasteiger partial charge in [-0.2, -0.15) is 0 Å². The molecule has 4 nitrogen and oxygen atoms in total. The molecule has 25 heavy (non-hydrogen) atoms. The van der Waals surface area contributed by atoms with Gasteiger partial charge < -0.3 is 0 Å². The van der Waals surface area contributed by atoms with E-state index < -0.39 is 5.91 Å². The molecule has 3 aromatic rings. The fourth-order valence-electron chi connectivity index (χ4n) is 2.98. The van der Waals surface area contributed by atoms with Crippen LogP contribution in [0.25, 0.3) is 10.1 Å². The highest BCUT2D eigenvalue weighted by Gasteiger charge is 2.44. The van der Waals surface area contributed by atoms with Crippen LogP contribution in [0.1, 0.15) is 27.6 Å².